The molecule has 0 spiro atoms. The van der Waals surface area contributed by atoms with Crippen molar-refractivity contribution in [1.29, 1.82) is 5.26 Å². The van der Waals surface area contributed by atoms with Crippen LogP contribution >= 0.6 is 0 Å². The Labute approximate surface area is 80.3 Å². The predicted molar refractivity (Wildman–Crippen MR) is 52.8 cm³/mol. The molecule has 0 bridgehead atoms. The topological polar surface area (TPSA) is 35.8 Å². The number of nitrogens with zero attached hydrogens (tertiary/aromatic N) is 1. The lowest BCUT2D eigenvalue weighted by molar-refractivity contribution is 0.266. The molecule has 0 aromatic heterocycles. The molecule has 1 rings (SSSR count). The lowest BCUT2D eigenvalue weighted by Crippen LogP contribution is -2.35. The maximum Gasteiger partial charge on any atom is 0.0691 e. The maximum atomic E-state index is 9.11. The molecule has 1 aliphatic heterocycles. The summed E-state index contributed by atoms with van der Waals surface area (Å²) in [6.45, 7) is 3.81. The minimum Gasteiger partial charge on any atom is -0.317 e. The van der Waals surface area contributed by atoms with Crippen LogP contribution in [-0.2, 0) is 0 Å². The first-order chi connectivity index (χ1) is 6.33. The van der Waals surface area contributed by atoms with Gasteiger partial charge < -0.3 is 5.32 Å². The molecular weight excluding hydrogens is 160 g/mol. The van der Waals surface area contributed by atoms with Crippen molar-refractivity contribution in [3.8, 4) is 17.9 Å². The van der Waals surface area contributed by atoms with Gasteiger partial charge in [-0.05, 0) is 39.3 Å². The van der Waals surface area contributed by atoms with Gasteiger partial charge in [0.25, 0.3) is 0 Å². The minimum absolute atomic E-state index is 0.0882. The zero-order valence-corrected chi connectivity index (χ0v) is 8.19. The van der Waals surface area contributed by atoms with Crippen LogP contribution in [0.2, 0.25) is 0 Å². The van der Waals surface area contributed by atoms with E-state index in [-0.39, 0.29) is 5.41 Å². The van der Waals surface area contributed by atoms with E-state index in [1.54, 1.807) is 0 Å². The normalized spacial score (nSPS) is 19.7. The van der Waals surface area contributed by atoms with Crippen molar-refractivity contribution in [1.82, 2.24) is 5.32 Å². The van der Waals surface area contributed by atoms with E-state index in [4.69, 9.17) is 5.26 Å². The molecule has 0 amide bonds. The average Bonchev–Trinajstić information content (AvgIpc) is 2.20. The predicted octanol–water partition coefficient (Wildman–Crippen LogP) is 1.68. The van der Waals surface area contributed by atoms with Gasteiger partial charge in [0.15, 0.2) is 0 Å². The van der Waals surface area contributed by atoms with Gasteiger partial charge in [-0.15, -0.1) is 11.8 Å². The Bertz CT molecular complexity index is 245. The van der Waals surface area contributed by atoms with Gasteiger partial charge >= 0.3 is 0 Å². The Morgan fingerprint density at radius 1 is 1.38 bits per heavy atom. The number of hydrogen-bond donors (Lipinski definition) is 1. The highest BCUT2D eigenvalue weighted by atomic mass is 14.9. The summed E-state index contributed by atoms with van der Waals surface area (Å²) in [5.74, 6) is 5.91. The third kappa shape index (κ3) is 2.76. The second-order valence-corrected chi connectivity index (χ2v) is 3.57. The first kappa shape index (κ1) is 10.1. The van der Waals surface area contributed by atoms with Gasteiger partial charge in [-0.25, -0.2) is 0 Å². The van der Waals surface area contributed by atoms with Gasteiger partial charge in [-0.1, -0.05) is 0 Å². The van der Waals surface area contributed by atoms with Crippen LogP contribution in [0.4, 0.5) is 0 Å². The van der Waals surface area contributed by atoms with Crippen LogP contribution in [-0.4, -0.2) is 13.1 Å². The van der Waals surface area contributed by atoms with Crippen molar-refractivity contribution in [2.45, 2.75) is 32.6 Å². The molecule has 1 heterocycles. The summed E-state index contributed by atoms with van der Waals surface area (Å²) in [6, 6.07) is 2.47. The second kappa shape index (κ2) is 4.90. The number of piperidine rings is 1. The fraction of sp³-hybridized carbons (Fsp3) is 0.727. The highest BCUT2D eigenvalue weighted by Crippen LogP contribution is 2.32. The van der Waals surface area contributed by atoms with Crippen molar-refractivity contribution in [3.05, 3.63) is 0 Å². The molecular formula is C11H16N2. The molecule has 0 atom stereocenters. The Kier molecular flexibility index (Phi) is 3.80. The third-order valence-corrected chi connectivity index (χ3v) is 2.70. The monoisotopic (exact) mass is 176 g/mol. The van der Waals surface area contributed by atoms with Crippen LogP contribution in [0, 0.1) is 28.6 Å². The molecule has 13 heavy (non-hydrogen) atoms. The van der Waals surface area contributed by atoms with E-state index in [0.717, 1.165) is 38.8 Å². The maximum absolute atomic E-state index is 9.11. The molecule has 2 heteroatoms. The lowest BCUT2D eigenvalue weighted by atomic mass is 9.77. The molecule has 0 aliphatic carbocycles. The van der Waals surface area contributed by atoms with Crippen LogP contribution in [0.25, 0.3) is 0 Å². The fourth-order valence-corrected chi connectivity index (χ4v) is 1.75. The van der Waals surface area contributed by atoms with Gasteiger partial charge in [-0.3, -0.25) is 0 Å². The Hall–Kier alpha value is -0.990. The van der Waals surface area contributed by atoms with Gasteiger partial charge in [-0.2, -0.15) is 5.26 Å². The molecule has 1 N–H and O–H groups in total. The van der Waals surface area contributed by atoms with Crippen molar-refractivity contribution < 1.29 is 0 Å². The summed E-state index contributed by atoms with van der Waals surface area (Å²) >= 11 is 0. The van der Waals surface area contributed by atoms with Crippen LogP contribution in [0.3, 0.4) is 0 Å². The standard InChI is InChI=1S/C11H16N2/c1-2-3-4-5-11(10-12)6-8-13-9-7-11/h13H,4-9H2,1H3. The summed E-state index contributed by atoms with van der Waals surface area (Å²) in [7, 11) is 0. The van der Waals surface area contributed by atoms with Crippen molar-refractivity contribution in [2.24, 2.45) is 5.41 Å². The molecule has 1 saturated heterocycles. The molecule has 1 fully saturated rings. The van der Waals surface area contributed by atoms with E-state index in [0.29, 0.717) is 0 Å². The zero-order chi connectivity index (χ0) is 9.57. The van der Waals surface area contributed by atoms with E-state index < -0.39 is 0 Å². The molecule has 0 saturated carbocycles. The van der Waals surface area contributed by atoms with Gasteiger partial charge in [0.2, 0.25) is 0 Å². The quantitative estimate of drug-likeness (QED) is 0.650. The second-order valence-electron chi connectivity index (χ2n) is 3.57. The van der Waals surface area contributed by atoms with E-state index in [1.807, 2.05) is 6.92 Å². The van der Waals surface area contributed by atoms with E-state index in [1.165, 1.54) is 0 Å². The molecule has 1 aliphatic rings. The van der Waals surface area contributed by atoms with Gasteiger partial charge in [0.05, 0.1) is 11.5 Å². The highest BCUT2D eigenvalue weighted by Gasteiger charge is 2.30. The molecule has 0 aromatic rings. The van der Waals surface area contributed by atoms with Gasteiger partial charge in [0, 0.05) is 6.42 Å². The highest BCUT2D eigenvalue weighted by molar-refractivity contribution is 5.05. The van der Waals surface area contributed by atoms with E-state index >= 15 is 0 Å². The SMILES string of the molecule is CC#CCCC1(C#N)CCNCC1. The van der Waals surface area contributed by atoms with Crippen molar-refractivity contribution >= 4 is 0 Å². The number of hydrogen-bond acceptors (Lipinski definition) is 2. The van der Waals surface area contributed by atoms with Crippen LogP contribution in [0.1, 0.15) is 32.6 Å². The number of rotatable bonds is 2. The lowest BCUT2D eigenvalue weighted by Gasteiger charge is -2.30. The summed E-state index contributed by atoms with van der Waals surface area (Å²) < 4.78 is 0. The molecule has 0 aromatic carbocycles. The Balaban J connectivity index is 2.47. The number of nitrogens with one attached hydrogen (secondary N) is 1. The van der Waals surface area contributed by atoms with E-state index in [2.05, 4.69) is 23.2 Å². The Morgan fingerprint density at radius 2 is 2.08 bits per heavy atom. The van der Waals surface area contributed by atoms with Crippen molar-refractivity contribution in [3.63, 3.8) is 0 Å². The Morgan fingerprint density at radius 3 is 2.62 bits per heavy atom. The van der Waals surface area contributed by atoms with E-state index in [9.17, 15) is 0 Å². The van der Waals surface area contributed by atoms with Crippen LogP contribution in [0.5, 0.6) is 0 Å². The molecule has 2 nitrogen and oxygen atoms in total. The molecule has 0 unspecified atom stereocenters. The first-order valence-corrected chi connectivity index (χ1v) is 4.84. The molecule has 0 radical (unpaired) electrons. The summed E-state index contributed by atoms with van der Waals surface area (Å²) in [5, 5.41) is 12.4. The summed E-state index contributed by atoms with van der Waals surface area (Å²) in [6.07, 6.45) is 3.76. The van der Waals surface area contributed by atoms with Crippen molar-refractivity contribution in [2.75, 3.05) is 13.1 Å². The average molecular weight is 176 g/mol. The molecule has 70 valence electrons. The smallest absolute Gasteiger partial charge is 0.0691 e. The largest absolute Gasteiger partial charge is 0.317 e. The first-order valence-electron chi connectivity index (χ1n) is 4.84. The minimum atomic E-state index is -0.0882. The van der Waals surface area contributed by atoms with Crippen LogP contribution < -0.4 is 5.32 Å². The third-order valence-electron chi connectivity index (χ3n) is 2.70. The summed E-state index contributed by atoms with van der Waals surface area (Å²) in [5.41, 5.74) is -0.0882. The summed E-state index contributed by atoms with van der Waals surface area (Å²) in [4.78, 5) is 0. The van der Waals surface area contributed by atoms with Crippen LogP contribution in [0.15, 0.2) is 0 Å². The fourth-order valence-electron chi connectivity index (χ4n) is 1.75. The zero-order valence-electron chi connectivity index (χ0n) is 8.19. The number of nitriles is 1. The van der Waals surface area contributed by atoms with Gasteiger partial charge in [0.1, 0.15) is 0 Å².